The van der Waals surface area contributed by atoms with Crippen LogP contribution in [0.2, 0.25) is 0 Å². The Bertz CT molecular complexity index is 230. The van der Waals surface area contributed by atoms with Crippen LogP contribution in [-0.4, -0.2) is 23.9 Å². The van der Waals surface area contributed by atoms with Crippen LogP contribution in [-0.2, 0) is 0 Å². The zero-order chi connectivity index (χ0) is 13.6. The largest absolute Gasteiger partial charge is 0.438 e. The van der Waals surface area contributed by atoms with Gasteiger partial charge in [0, 0.05) is 0 Å². The maximum atomic E-state index is 12.3. The van der Waals surface area contributed by atoms with Crippen LogP contribution >= 0.6 is 0 Å². The molecule has 0 aromatic rings. The van der Waals surface area contributed by atoms with Crippen LogP contribution in [0.25, 0.3) is 0 Å². The van der Waals surface area contributed by atoms with Crippen LogP contribution in [0.15, 0.2) is 0 Å². The molecule has 0 saturated carbocycles. The number of hydrogen-bond acceptors (Lipinski definition) is 0. The lowest BCUT2D eigenvalue weighted by molar-refractivity contribution is -0.400. The molecule has 0 nitrogen and oxygen atoms in total. The summed E-state index contributed by atoms with van der Waals surface area (Å²) < 4.78 is 128. The van der Waals surface area contributed by atoms with Crippen molar-refractivity contribution in [2.24, 2.45) is 0 Å². The number of hydrogen-bond donors (Lipinski definition) is 0. The topological polar surface area (TPSA) is 0 Å². The molecule has 0 unspecified atom stereocenters. The van der Waals surface area contributed by atoms with Gasteiger partial charge in [-0.1, -0.05) is 0 Å². The molecule has 0 aliphatic carbocycles. The van der Waals surface area contributed by atoms with Gasteiger partial charge in [-0.2, -0.15) is 43.9 Å². The number of halogens is 11. The Morgan fingerprint density at radius 1 is 0.562 bits per heavy atom. The minimum absolute atomic E-state index is 4.62. The summed E-state index contributed by atoms with van der Waals surface area (Å²) in [4.78, 5) is 0. The summed E-state index contributed by atoms with van der Waals surface area (Å²) in [6.45, 7) is 0. The lowest BCUT2D eigenvalue weighted by Crippen LogP contribution is -2.65. The second-order valence-electron chi connectivity index (χ2n) is 2.49. The van der Waals surface area contributed by atoms with E-state index in [0.29, 0.717) is 0 Å². The molecule has 97 valence electrons. The van der Waals surface area contributed by atoms with E-state index in [0.717, 1.165) is 0 Å². The van der Waals surface area contributed by atoms with Crippen molar-refractivity contribution in [1.82, 2.24) is 0 Å². The van der Waals surface area contributed by atoms with Gasteiger partial charge in [0.2, 0.25) is 0 Å². The Morgan fingerprint density at radius 2 is 0.812 bits per heavy atom. The first-order chi connectivity index (χ1) is 6.69. The summed E-state index contributed by atoms with van der Waals surface area (Å²) >= 11 is 0. The van der Waals surface area contributed by atoms with Gasteiger partial charge in [0.15, 0.2) is 0 Å². The van der Waals surface area contributed by atoms with E-state index >= 15 is 0 Å². The van der Waals surface area contributed by atoms with Gasteiger partial charge in [0.05, 0.1) is 0 Å². The van der Waals surface area contributed by atoms with Gasteiger partial charge in [-0.15, -0.1) is 0 Å². The van der Waals surface area contributed by atoms with Gasteiger partial charge >= 0.3 is 30.4 Å². The highest BCUT2D eigenvalue weighted by Crippen LogP contribution is 2.57. The molecule has 0 aromatic carbocycles. The predicted octanol–water partition coefficient (Wildman–Crippen LogP) is 3.88. The van der Waals surface area contributed by atoms with Gasteiger partial charge in [-0.05, 0) is 0 Å². The zero-order valence-corrected chi connectivity index (χ0v) is 6.66. The molecule has 0 aliphatic heterocycles. The fourth-order valence-corrected chi connectivity index (χ4v) is 0.647. The van der Waals surface area contributed by atoms with Gasteiger partial charge in [0.25, 0.3) is 0 Å². The third kappa shape index (κ3) is 1.90. The fourth-order valence-electron chi connectivity index (χ4n) is 0.647. The molecule has 0 N–H and O–H groups in total. The molecule has 0 heterocycles. The summed E-state index contributed by atoms with van der Waals surface area (Å²) in [5.74, 6) is -7.01. The molecule has 0 bridgehead atoms. The molecule has 16 heavy (non-hydrogen) atoms. The van der Waals surface area contributed by atoms with Crippen molar-refractivity contribution in [2.45, 2.75) is 23.9 Å². The van der Waals surface area contributed by atoms with Crippen LogP contribution in [0.1, 0.15) is 0 Å². The summed E-state index contributed by atoms with van der Waals surface area (Å²) in [6.07, 6.45) is -19.1. The molecular weight excluding hydrogens is 269 g/mol. The summed E-state index contributed by atoms with van der Waals surface area (Å²) in [5, 5.41) is 0. The van der Waals surface area contributed by atoms with Crippen LogP contribution in [0.4, 0.5) is 48.3 Å². The highest BCUT2D eigenvalue weighted by molar-refractivity contribution is 5.11. The van der Waals surface area contributed by atoms with E-state index in [1.54, 1.807) is 0 Å². The number of alkyl halides is 9. The van der Waals surface area contributed by atoms with E-state index in [2.05, 4.69) is 0 Å². The number of rotatable bonds is 2. The molecular formula is C5F11. The monoisotopic (exact) mass is 269 g/mol. The fraction of sp³-hybridized carbons (Fsp3) is 0.800. The van der Waals surface area contributed by atoms with Crippen LogP contribution < -0.4 is 0 Å². The summed E-state index contributed by atoms with van der Waals surface area (Å²) in [5.41, 5.74) is -7.33. The standard InChI is InChI=1S/C5F11/c6-1(7)2(8,9)3(10,4(11,12)13)5(14,15)16. The van der Waals surface area contributed by atoms with E-state index in [-0.39, 0.29) is 0 Å². The average Bonchev–Trinajstić information content (AvgIpc) is 1.97. The quantitative estimate of drug-likeness (QED) is 0.667. The van der Waals surface area contributed by atoms with Crippen molar-refractivity contribution in [3.63, 3.8) is 0 Å². The SMILES string of the molecule is F[C](F)C(F)(F)C(F)(C(F)(F)F)C(F)(F)F. The minimum Gasteiger partial charge on any atom is -0.216 e. The predicted molar refractivity (Wildman–Crippen MR) is 26.4 cm³/mol. The lowest BCUT2D eigenvalue weighted by Gasteiger charge is -2.34. The van der Waals surface area contributed by atoms with Crippen LogP contribution in [0.3, 0.4) is 0 Å². The maximum Gasteiger partial charge on any atom is 0.438 e. The molecule has 11 heteroatoms. The molecule has 0 fully saturated rings. The molecule has 0 saturated heterocycles. The molecule has 0 aromatic heterocycles. The van der Waals surface area contributed by atoms with Crippen molar-refractivity contribution in [3.05, 3.63) is 6.43 Å². The first kappa shape index (κ1) is 15.2. The van der Waals surface area contributed by atoms with E-state index in [1.807, 2.05) is 0 Å². The van der Waals surface area contributed by atoms with Crippen molar-refractivity contribution < 1.29 is 48.3 Å². The Labute approximate surface area is 80.0 Å². The van der Waals surface area contributed by atoms with Crippen molar-refractivity contribution in [1.29, 1.82) is 0 Å². The minimum atomic E-state index is -7.33. The smallest absolute Gasteiger partial charge is 0.216 e. The van der Waals surface area contributed by atoms with Crippen LogP contribution in [0.5, 0.6) is 0 Å². The van der Waals surface area contributed by atoms with Crippen molar-refractivity contribution >= 4 is 0 Å². The molecule has 0 aliphatic rings. The van der Waals surface area contributed by atoms with E-state index in [1.165, 1.54) is 0 Å². The average molecular weight is 269 g/mol. The van der Waals surface area contributed by atoms with Crippen LogP contribution in [0, 0.1) is 6.43 Å². The summed E-state index contributed by atoms with van der Waals surface area (Å²) in [7, 11) is 0. The zero-order valence-electron chi connectivity index (χ0n) is 6.66. The second kappa shape index (κ2) is 3.62. The molecule has 0 spiro atoms. The van der Waals surface area contributed by atoms with Gasteiger partial charge in [-0.3, -0.25) is 0 Å². The summed E-state index contributed by atoms with van der Waals surface area (Å²) in [6, 6.07) is 0. The molecule has 1 radical (unpaired) electrons. The Balaban J connectivity index is 5.81. The Kier molecular flexibility index (Phi) is 3.45. The highest BCUT2D eigenvalue weighted by atomic mass is 19.4. The Morgan fingerprint density at radius 3 is 0.875 bits per heavy atom. The van der Waals surface area contributed by atoms with Gasteiger partial charge in [-0.25, -0.2) is 4.39 Å². The van der Waals surface area contributed by atoms with E-state index in [9.17, 15) is 48.3 Å². The molecule has 0 rings (SSSR count). The van der Waals surface area contributed by atoms with Crippen molar-refractivity contribution in [3.8, 4) is 0 Å². The Hall–Kier alpha value is -0.770. The lowest BCUT2D eigenvalue weighted by atomic mass is 9.96. The molecule has 0 amide bonds. The van der Waals surface area contributed by atoms with Crippen molar-refractivity contribution in [2.75, 3.05) is 0 Å². The highest BCUT2D eigenvalue weighted by Gasteiger charge is 2.87. The van der Waals surface area contributed by atoms with Gasteiger partial charge in [0.1, 0.15) is 0 Å². The van der Waals surface area contributed by atoms with Gasteiger partial charge < -0.3 is 0 Å². The third-order valence-corrected chi connectivity index (χ3v) is 1.45. The maximum absolute atomic E-state index is 12.3. The first-order valence-electron chi connectivity index (χ1n) is 3.08. The van der Waals surface area contributed by atoms with E-state index < -0.39 is 30.4 Å². The molecule has 0 atom stereocenters. The normalized spacial score (nSPS) is 15.8. The van der Waals surface area contributed by atoms with E-state index in [4.69, 9.17) is 0 Å². The second-order valence-corrected chi connectivity index (χ2v) is 2.49. The third-order valence-electron chi connectivity index (χ3n) is 1.45. The first-order valence-corrected chi connectivity index (χ1v) is 3.08.